The summed E-state index contributed by atoms with van der Waals surface area (Å²) >= 11 is 5.79. The Hall–Kier alpha value is -2.79. The molecule has 5 nitrogen and oxygen atoms in total. The minimum atomic E-state index is -0.605. The van der Waals surface area contributed by atoms with Gasteiger partial charge in [0.25, 0.3) is 0 Å². The zero-order chi connectivity index (χ0) is 20.4. The average Bonchev–Trinajstić information content (AvgIpc) is 2.70. The smallest absolute Gasteiger partial charge is 0.331 e. The fourth-order valence-corrected chi connectivity index (χ4v) is 2.42. The minimum Gasteiger partial charge on any atom is -0.490 e. The summed E-state index contributed by atoms with van der Waals surface area (Å²) in [6, 6.07) is 11.8. The number of hydrogen-bond acceptors (Lipinski definition) is 5. The van der Waals surface area contributed by atoms with Crippen LogP contribution in [0.25, 0.3) is 6.08 Å². The lowest BCUT2D eigenvalue weighted by Crippen LogP contribution is -2.12. The lowest BCUT2D eigenvalue weighted by molar-refractivity contribution is -0.136. The summed E-state index contributed by atoms with van der Waals surface area (Å²) in [6.45, 7) is 4.69. The van der Waals surface area contributed by atoms with Gasteiger partial charge >= 0.3 is 5.97 Å². The maximum absolute atomic E-state index is 12.0. The molecule has 0 spiro atoms. The Morgan fingerprint density at radius 3 is 2.43 bits per heavy atom. The van der Waals surface area contributed by atoms with Gasteiger partial charge in [-0.15, -0.1) is 0 Å². The van der Waals surface area contributed by atoms with Crippen LogP contribution in [0, 0.1) is 0 Å². The van der Waals surface area contributed by atoms with Crippen LogP contribution in [0.2, 0.25) is 5.02 Å². The van der Waals surface area contributed by atoms with E-state index in [0.717, 1.165) is 12.0 Å². The average molecular weight is 403 g/mol. The van der Waals surface area contributed by atoms with Crippen molar-refractivity contribution in [2.45, 2.75) is 20.3 Å². The lowest BCUT2D eigenvalue weighted by atomic mass is 10.1. The Morgan fingerprint density at radius 1 is 1.00 bits per heavy atom. The molecular weight excluding hydrogens is 380 g/mol. The summed E-state index contributed by atoms with van der Waals surface area (Å²) in [7, 11) is 0. The van der Waals surface area contributed by atoms with Crippen molar-refractivity contribution in [3.05, 3.63) is 64.7 Å². The lowest BCUT2D eigenvalue weighted by Gasteiger charge is -2.12. The van der Waals surface area contributed by atoms with E-state index in [9.17, 15) is 9.59 Å². The zero-order valence-electron chi connectivity index (χ0n) is 15.9. The molecule has 0 aliphatic carbocycles. The van der Waals surface area contributed by atoms with Gasteiger partial charge in [0, 0.05) is 16.7 Å². The maximum atomic E-state index is 12.0. The third kappa shape index (κ3) is 6.74. The van der Waals surface area contributed by atoms with Crippen LogP contribution in [0.5, 0.6) is 11.5 Å². The highest BCUT2D eigenvalue weighted by Gasteiger charge is 2.09. The van der Waals surface area contributed by atoms with E-state index in [1.807, 2.05) is 19.9 Å². The molecule has 148 valence electrons. The van der Waals surface area contributed by atoms with Crippen molar-refractivity contribution in [3.8, 4) is 11.5 Å². The van der Waals surface area contributed by atoms with Crippen molar-refractivity contribution in [3.63, 3.8) is 0 Å². The quantitative estimate of drug-likeness (QED) is 0.319. The number of benzene rings is 2. The molecular formula is C22H23ClO5. The molecule has 0 aromatic heterocycles. The Kier molecular flexibility index (Phi) is 8.56. The van der Waals surface area contributed by atoms with Crippen LogP contribution in [-0.2, 0) is 9.53 Å². The molecule has 28 heavy (non-hydrogen) atoms. The molecule has 0 amide bonds. The molecule has 0 aliphatic heterocycles. The minimum absolute atomic E-state index is 0.297. The van der Waals surface area contributed by atoms with Crippen LogP contribution in [-0.4, -0.2) is 31.6 Å². The van der Waals surface area contributed by atoms with Crippen LogP contribution >= 0.6 is 11.6 Å². The number of ketones is 1. The van der Waals surface area contributed by atoms with E-state index in [1.54, 1.807) is 42.5 Å². The van der Waals surface area contributed by atoms with Gasteiger partial charge in [-0.05, 0) is 61.4 Å². The van der Waals surface area contributed by atoms with E-state index < -0.39 is 5.97 Å². The van der Waals surface area contributed by atoms with Crippen molar-refractivity contribution in [1.82, 2.24) is 0 Å². The van der Waals surface area contributed by atoms with E-state index in [4.69, 9.17) is 25.8 Å². The zero-order valence-corrected chi connectivity index (χ0v) is 16.7. The Morgan fingerprint density at radius 2 is 1.75 bits per heavy atom. The van der Waals surface area contributed by atoms with Crippen molar-refractivity contribution >= 4 is 29.4 Å². The highest BCUT2D eigenvalue weighted by atomic mass is 35.5. The molecule has 0 unspecified atom stereocenters. The molecule has 6 heteroatoms. The van der Waals surface area contributed by atoms with E-state index in [0.29, 0.717) is 35.3 Å². The second-order valence-corrected chi connectivity index (χ2v) is 6.30. The number of carbonyl (C=O) groups excluding carboxylic acids is 2. The van der Waals surface area contributed by atoms with Gasteiger partial charge in [-0.3, -0.25) is 4.79 Å². The van der Waals surface area contributed by atoms with Crippen molar-refractivity contribution < 1.29 is 23.8 Å². The summed E-state index contributed by atoms with van der Waals surface area (Å²) in [6.07, 6.45) is 3.77. The summed E-state index contributed by atoms with van der Waals surface area (Å²) < 4.78 is 16.2. The van der Waals surface area contributed by atoms with E-state index in [2.05, 4.69) is 0 Å². The van der Waals surface area contributed by atoms with Crippen molar-refractivity contribution in [2.75, 3.05) is 19.8 Å². The number of Topliss-reactive ketones (excluding diaryl/α,β-unsaturated/α-hetero) is 1. The fraction of sp³-hybridized carbons (Fsp3) is 0.273. The van der Waals surface area contributed by atoms with Gasteiger partial charge in [-0.1, -0.05) is 24.6 Å². The molecule has 0 fully saturated rings. The van der Waals surface area contributed by atoms with Gasteiger partial charge in [0.1, 0.15) is 0 Å². The highest BCUT2D eigenvalue weighted by molar-refractivity contribution is 6.30. The number of hydrogen-bond donors (Lipinski definition) is 0. The summed E-state index contributed by atoms with van der Waals surface area (Å²) in [5.41, 5.74) is 1.19. The molecule has 0 saturated carbocycles. The number of halogens is 1. The maximum Gasteiger partial charge on any atom is 0.331 e. The topological polar surface area (TPSA) is 61.8 Å². The summed E-state index contributed by atoms with van der Waals surface area (Å²) in [4.78, 5) is 23.9. The molecule has 0 saturated heterocycles. The first-order valence-electron chi connectivity index (χ1n) is 9.06. The first-order chi connectivity index (χ1) is 13.5. The highest BCUT2D eigenvalue weighted by Crippen LogP contribution is 2.29. The van der Waals surface area contributed by atoms with Gasteiger partial charge in [0.05, 0.1) is 13.2 Å². The van der Waals surface area contributed by atoms with Crippen molar-refractivity contribution in [2.24, 2.45) is 0 Å². The van der Waals surface area contributed by atoms with Gasteiger partial charge in [-0.2, -0.15) is 0 Å². The van der Waals surface area contributed by atoms with Gasteiger partial charge in [0.15, 0.2) is 23.9 Å². The van der Waals surface area contributed by atoms with Gasteiger partial charge in [0.2, 0.25) is 0 Å². The van der Waals surface area contributed by atoms with Gasteiger partial charge < -0.3 is 14.2 Å². The number of esters is 1. The van der Waals surface area contributed by atoms with Crippen LogP contribution < -0.4 is 9.47 Å². The van der Waals surface area contributed by atoms with Gasteiger partial charge in [-0.25, -0.2) is 4.79 Å². The van der Waals surface area contributed by atoms with E-state index >= 15 is 0 Å². The molecule has 2 aromatic carbocycles. The predicted molar refractivity (Wildman–Crippen MR) is 109 cm³/mol. The normalized spacial score (nSPS) is 10.7. The fourth-order valence-electron chi connectivity index (χ4n) is 2.30. The SMILES string of the molecule is CCCOc1ccc(/C=C/C(=O)OCC(=O)c2ccc(Cl)cc2)cc1OCC. The molecule has 0 aliphatic rings. The standard InChI is InChI=1S/C22H23ClO5/c1-3-13-27-20-11-5-16(14-21(20)26-4-2)6-12-22(25)28-15-19(24)17-7-9-18(23)10-8-17/h5-12,14H,3-4,13,15H2,1-2H3/b12-6+. The second-order valence-electron chi connectivity index (χ2n) is 5.86. The molecule has 0 heterocycles. The van der Waals surface area contributed by atoms with Crippen LogP contribution in [0.15, 0.2) is 48.5 Å². The Balaban J connectivity index is 1.94. The summed E-state index contributed by atoms with van der Waals surface area (Å²) in [5.74, 6) is 0.377. The number of ether oxygens (including phenoxy) is 3. The Labute approximate surface area is 169 Å². The van der Waals surface area contributed by atoms with E-state index in [-0.39, 0.29) is 12.4 Å². The monoisotopic (exact) mass is 402 g/mol. The third-order valence-electron chi connectivity index (χ3n) is 3.65. The molecule has 2 aromatic rings. The van der Waals surface area contributed by atoms with Crippen LogP contribution in [0.1, 0.15) is 36.2 Å². The molecule has 0 bridgehead atoms. The molecule has 0 radical (unpaired) electrons. The molecule has 0 N–H and O–H groups in total. The third-order valence-corrected chi connectivity index (χ3v) is 3.90. The van der Waals surface area contributed by atoms with Crippen LogP contribution in [0.4, 0.5) is 0 Å². The van der Waals surface area contributed by atoms with Crippen LogP contribution in [0.3, 0.4) is 0 Å². The molecule has 0 atom stereocenters. The largest absolute Gasteiger partial charge is 0.490 e. The predicted octanol–water partition coefficient (Wildman–Crippen LogP) is 4.97. The number of carbonyl (C=O) groups is 2. The number of rotatable bonds is 10. The second kappa shape index (κ2) is 11.1. The Bertz CT molecular complexity index is 827. The first kappa shape index (κ1) is 21.5. The van der Waals surface area contributed by atoms with E-state index in [1.165, 1.54) is 6.08 Å². The molecule has 2 rings (SSSR count). The summed E-state index contributed by atoms with van der Waals surface area (Å²) in [5, 5.41) is 0.536. The van der Waals surface area contributed by atoms with Crippen molar-refractivity contribution in [1.29, 1.82) is 0 Å². The first-order valence-corrected chi connectivity index (χ1v) is 9.44.